The molecule has 1 heterocycles. The van der Waals surface area contributed by atoms with E-state index in [9.17, 15) is 22.8 Å². The van der Waals surface area contributed by atoms with Gasteiger partial charge in [-0.15, -0.1) is 0 Å². The van der Waals surface area contributed by atoms with E-state index in [1.54, 1.807) is 12.1 Å². The van der Waals surface area contributed by atoms with Gasteiger partial charge in [0.05, 0.1) is 12.7 Å². The molecular formula is C15H13F3N4O3. The van der Waals surface area contributed by atoms with Gasteiger partial charge in [0.25, 0.3) is 5.91 Å². The van der Waals surface area contributed by atoms with Crippen molar-refractivity contribution in [3.8, 4) is 5.75 Å². The summed E-state index contributed by atoms with van der Waals surface area (Å²) in [6, 6.07) is 5.81. The van der Waals surface area contributed by atoms with Crippen LogP contribution in [0.15, 0.2) is 30.3 Å². The molecule has 2 N–H and O–H groups in total. The van der Waals surface area contributed by atoms with Gasteiger partial charge in [-0.25, -0.2) is 14.8 Å². The van der Waals surface area contributed by atoms with Crippen LogP contribution in [0.3, 0.4) is 0 Å². The summed E-state index contributed by atoms with van der Waals surface area (Å²) >= 11 is 0. The summed E-state index contributed by atoms with van der Waals surface area (Å²) in [4.78, 5) is 30.8. The number of nitrogens with one attached hydrogen (secondary N) is 2. The smallest absolute Gasteiger partial charge is 0.433 e. The summed E-state index contributed by atoms with van der Waals surface area (Å²) in [6.07, 6.45) is -4.69. The summed E-state index contributed by atoms with van der Waals surface area (Å²) < 4.78 is 43.1. The lowest BCUT2D eigenvalue weighted by Crippen LogP contribution is -2.35. The number of nitrogens with zero attached hydrogens (tertiary/aromatic N) is 2. The number of carbonyl (C=O) groups is 2. The number of aromatic nitrogens is 2. The maximum atomic E-state index is 12.7. The average molecular weight is 354 g/mol. The first-order chi connectivity index (χ1) is 11.7. The van der Waals surface area contributed by atoms with E-state index in [2.05, 4.69) is 9.97 Å². The number of hydrogen-bond acceptors (Lipinski definition) is 5. The minimum atomic E-state index is -4.69. The molecule has 132 valence electrons. The fourth-order valence-electron chi connectivity index (χ4n) is 1.91. The van der Waals surface area contributed by atoms with Gasteiger partial charge in [-0.1, -0.05) is 12.1 Å². The number of aryl methyl sites for hydroxylation is 1. The topological polar surface area (TPSA) is 93.2 Å². The molecule has 0 atom stereocenters. The van der Waals surface area contributed by atoms with Crippen LogP contribution < -0.4 is 15.4 Å². The largest absolute Gasteiger partial charge is 0.496 e. The zero-order chi connectivity index (χ0) is 18.6. The summed E-state index contributed by atoms with van der Waals surface area (Å²) in [6.45, 7) is 1.32. The molecule has 0 radical (unpaired) electrons. The Kier molecular flexibility index (Phi) is 5.20. The number of amides is 3. The molecule has 1 aromatic carbocycles. The van der Waals surface area contributed by atoms with Gasteiger partial charge in [-0.2, -0.15) is 13.2 Å². The van der Waals surface area contributed by atoms with Crippen molar-refractivity contribution in [2.75, 3.05) is 12.4 Å². The summed E-state index contributed by atoms with van der Waals surface area (Å²) in [5.74, 6) is -1.13. The molecule has 0 bridgehead atoms. The van der Waals surface area contributed by atoms with E-state index in [-0.39, 0.29) is 17.0 Å². The molecule has 25 heavy (non-hydrogen) atoms. The van der Waals surface area contributed by atoms with Crippen LogP contribution in [0.2, 0.25) is 0 Å². The van der Waals surface area contributed by atoms with Crippen LogP contribution in [0, 0.1) is 6.92 Å². The van der Waals surface area contributed by atoms with Gasteiger partial charge in [0.1, 0.15) is 11.4 Å². The predicted octanol–water partition coefficient (Wildman–Crippen LogP) is 2.77. The fraction of sp³-hybridized carbons (Fsp3) is 0.200. The highest BCUT2D eigenvalue weighted by Gasteiger charge is 2.33. The van der Waals surface area contributed by atoms with Crippen LogP contribution in [0.5, 0.6) is 5.75 Å². The van der Waals surface area contributed by atoms with Crippen molar-refractivity contribution in [1.29, 1.82) is 0 Å². The number of rotatable bonds is 3. The number of anilines is 1. The van der Waals surface area contributed by atoms with Gasteiger partial charge in [0.15, 0.2) is 0 Å². The molecule has 7 nitrogen and oxygen atoms in total. The van der Waals surface area contributed by atoms with Crippen LogP contribution in [0.1, 0.15) is 21.7 Å². The van der Waals surface area contributed by atoms with Gasteiger partial charge in [-0.3, -0.25) is 15.4 Å². The van der Waals surface area contributed by atoms with Crippen LogP contribution in [0.4, 0.5) is 23.9 Å². The number of hydrogen-bond donors (Lipinski definition) is 2. The van der Waals surface area contributed by atoms with Crippen molar-refractivity contribution < 1.29 is 27.5 Å². The minimum Gasteiger partial charge on any atom is -0.496 e. The highest BCUT2D eigenvalue weighted by atomic mass is 19.4. The third-order valence-corrected chi connectivity index (χ3v) is 2.95. The quantitative estimate of drug-likeness (QED) is 0.884. The van der Waals surface area contributed by atoms with Crippen LogP contribution in [-0.2, 0) is 6.18 Å². The normalized spacial score (nSPS) is 10.9. The molecule has 0 saturated heterocycles. The van der Waals surface area contributed by atoms with Gasteiger partial charge in [-0.05, 0) is 25.1 Å². The van der Waals surface area contributed by atoms with Crippen LogP contribution in [-0.4, -0.2) is 29.0 Å². The van der Waals surface area contributed by atoms with Gasteiger partial charge in [0.2, 0.25) is 5.95 Å². The molecule has 2 aromatic rings. The van der Waals surface area contributed by atoms with E-state index in [0.717, 1.165) is 6.07 Å². The molecule has 0 saturated carbocycles. The van der Waals surface area contributed by atoms with Crippen molar-refractivity contribution in [1.82, 2.24) is 15.3 Å². The average Bonchev–Trinajstić information content (AvgIpc) is 2.53. The molecule has 10 heteroatoms. The Bertz CT molecular complexity index is 809. The minimum absolute atomic E-state index is 0.00804. The molecule has 1 aromatic heterocycles. The molecule has 3 amide bonds. The van der Waals surface area contributed by atoms with Crippen molar-refractivity contribution in [3.63, 3.8) is 0 Å². The lowest BCUT2D eigenvalue weighted by molar-refractivity contribution is -0.141. The molecule has 0 aliphatic heterocycles. The summed E-state index contributed by atoms with van der Waals surface area (Å²) in [5.41, 5.74) is -1.11. The number of alkyl halides is 3. The van der Waals surface area contributed by atoms with E-state index in [1.807, 2.05) is 10.6 Å². The van der Waals surface area contributed by atoms with E-state index >= 15 is 0 Å². The van der Waals surface area contributed by atoms with E-state index in [0.29, 0.717) is 0 Å². The second kappa shape index (κ2) is 7.16. The maximum absolute atomic E-state index is 12.7. The Morgan fingerprint density at radius 3 is 2.48 bits per heavy atom. The Balaban J connectivity index is 2.13. The SMILES string of the molecule is COc1ccccc1C(=O)NC(=O)Nc1nc(C)cc(C(F)(F)F)n1. The van der Waals surface area contributed by atoms with Crippen LogP contribution >= 0.6 is 0 Å². The standard InChI is InChI=1S/C15H13F3N4O3/c1-8-7-11(15(16,17)18)20-13(19-8)22-14(24)21-12(23)9-5-3-4-6-10(9)25-2/h3-7H,1-2H3,(H2,19,20,21,22,23,24). The molecule has 0 spiro atoms. The van der Waals surface area contributed by atoms with E-state index in [4.69, 9.17) is 4.74 Å². The van der Waals surface area contributed by atoms with E-state index in [1.165, 1.54) is 26.2 Å². The third kappa shape index (κ3) is 4.66. The second-order valence-corrected chi connectivity index (χ2v) is 4.82. The first-order valence-corrected chi connectivity index (χ1v) is 6.89. The van der Waals surface area contributed by atoms with Gasteiger partial charge < -0.3 is 4.74 Å². The number of para-hydroxylation sites is 1. The molecular weight excluding hydrogens is 341 g/mol. The lowest BCUT2D eigenvalue weighted by atomic mass is 10.2. The first-order valence-electron chi connectivity index (χ1n) is 6.89. The number of urea groups is 1. The van der Waals surface area contributed by atoms with Crippen molar-refractivity contribution in [2.24, 2.45) is 0 Å². The van der Waals surface area contributed by atoms with Crippen molar-refractivity contribution in [3.05, 3.63) is 47.3 Å². The molecule has 0 aliphatic carbocycles. The summed E-state index contributed by atoms with van der Waals surface area (Å²) in [7, 11) is 1.35. The van der Waals surface area contributed by atoms with Crippen molar-refractivity contribution >= 4 is 17.9 Å². The zero-order valence-electron chi connectivity index (χ0n) is 13.1. The van der Waals surface area contributed by atoms with Gasteiger partial charge in [0, 0.05) is 5.69 Å². The first kappa shape index (κ1) is 18.2. The highest BCUT2D eigenvalue weighted by molar-refractivity contribution is 6.08. The van der Waals surface area contributed by atoms with Crippen LogP contribution in [0.25, 0.3) is 0 Å². The number of methoxy groups -OCH3 is 1. The molecule has 0 unspecified atom stereocenters. The number of carbonyl (C=O) groups excluding carboxylic acids is 2. The Labute approximate surface area is 140 Å². The molecule has 0 fully saturated rings. The summed E-state index contributed by atoms with van der Waals surface area (Å²) in [5, 5.41) is 3.97. The number of halogens is 3. The molecule has 2 rings (SSSR count). The fourth-order valence-corrected chi connectivity index (χ4v) is 1.91. The third-order valence-electron chi connectivity index (χ3n) is 2.95. The van der Waals surface area contributed by atoms with Crippen molar-refractivity contribution in [2.45, 2.75) is 13.1 Å². The Morgan fingerprint density at radius 1 is 1.16 bits per heavy atom. The Morgan fingerprint density at radius 2 is 1.84 bits per heavy atom. The number of imide groups is 1. The monoisotopic (exact) mass is 354 g/mol. The second-order valence-electron chi connectivity index (χ2n) is 4.82. The number of ether oxygens (including phenoxy) is 1. The Hall–Kier alpha value is -3.17. The molecule has 0 aliphatic rings. The predicted molar refractivity (Wildman–Crippen MR) is 81.2 cm³/mol. The van der Waals surface area contributed by atoms with Gasteiger partial charge >= 0.3 is 12.2 Å². The maximum Gasteiger partial charge on any atom is 0.433 e. The lowest BCUT2D eigenvalue weighted by Gasteiger charge is -2.11. The van der Waals surface area contributed by atoms with E-state index < -0.39 is 29.8 Å². The number of benzene rings is 1. The highest BCUT2D eigenvalue weighted by Crippen LogP contribution is 2.28. The zero-order valence-corrected chi connectivity index (χ0v) is 13.1.